The van der Waals surface area contributed by atoms with Crippen molar-refractivity contribution in [2.24, 2.45) is 5.73 Å². The van der Waals surface area contributed by atoms with E-state index < -0.39 is 35.7 Å². The number of ketones is 1. The molecule has 0 saturated carbocycles. The van der Waals surface area contributed by atoms with Gasteiger partial charge in [-0.05, 0) is 20.8 Å². The number of hydrogen-bond donors (Lipinski definition) is 5. The molecule has 0 aromatic heterocycles. The van der Waals surface area contributed by atoms with Gasteiger partial charge in [0.25, 0.3) is 0 Å². The van der Waals surface area contributed by atoms with E-state index in [0.717, 1.165) is 6.92 Å². The Balaban J connectivity index is 4.57. The van der Waals surface area contributed by atoms with Crippen molar-refractivity contribution >= 4 is 5.78 Å². The van der Waals surface area contributed by atoms with Crippen LogP contribution in [0.4, 0.5) is 0 Å². The van der Waals surface area contributed by atoms with E-state index in [-0.39, 0.29) is 0 Å². The van der Waals surface area contributed by atoms with E-state index in [9.17, 15) is 25.2 Å². The summed E-state index contributed by atoms with van der Waals surface area (Å²) >= 11 is 0. The number of rotatable bonds is 5. The second-order valence-corrected chi connectivity index (χ2v) is 4.22. The summed E-state index contributed by atoms with van der Waals surface area (Å²) < 4.78 is 0. The van der Waals surface area contributed by atoms with Crippen molar-refractivity contribution in [1.82, 2.24) is 0 Å². The number of aliphatic hydroxyl groups is 4. The van der Waals surface area contributed by atoms with Gasteiger partial charge < -0.3 is 26.2 Å². The lowest BCUT2D eigenvalue weighted by molar-refractivity contribution is -0.147. The Labute approximate surface area is 88.3 Å². The van der Waals surface area contributed by atoms with Gasteiger partial charge in [-0.2, -0.15) is 0 Å². The molecule has 90 valence electrons. The van der Waals surface area contributed by atoms with E-state index >= 15 is 0 Å². The maximum atomic E-state index is 10.8. The number of nitrogens with two attached hydrogens (primary N) is 1. The van der Waals surface area contributed by atoms with E-state index in [1.807, 2.05) is 0 Å². The first-order valence-corrected chi connectivity index (χ1v) is 4.61. The number of hydrogen-bond acceptors (Lipinski definition) is 6. The van der Waals surface area contributed by atoms with Crippen LogP contribution in [0.1, 0.15) is 20.8 Å². The Morgan fingerprint density at radius 3 is 1.87 bits per heavy atom. The molecule has 0 heterocycles. The summed E-state index contributed by atoms with van der Waals surface area (Å²) in [5, 5.41) is 37.7. The molecule has 6 N–H and O–H groups in total. The van der Waals surface area contributed by atoms with Crippen LogP contribution in [0.25, 0.3) is 0 Å². The molecule has 0 fully saturated rings. The summed E-state index contributed by atoms with van der Waals surface area (Å²) in [5.74, 6) is -0.510. The number of carbonyl (C=O) groups is 1. The Kier molecular flexibility index (Phi) is 4.82. The third-order valence-electron chi connectivity index (χ3n) is 2.23. The van der Waals surface area contributed by atoms with Crippen LogP contribution >= 0.6 is 0 Å². The van der Waals surface area contributed by atoms with E-state index in [1.165, 1.54) is 13.8 Å². The molecule has 0 spiro atoms. The zero-order valence-corrected chi connectivity index (χ0v) is 9.08. The quantitative estimate of drug-likeness (QED) is 0.357. The molecule has 0 aromatic carbocycles. The molecule has 0 saturated heterocycles. The van der Waals surface area contributed by atoms with E-state index in [1.54, 1.807) is 0 Å². The topological polar surface area (TPSA) is 124 Å². The molecule has 0 unspecified atom stereocenters. The fourth-order valence-electron chi connectivity index (χ4n) is 1.06. The molecule has 6 heteroatoms. The molecule has 0 aliphatic heterocycles. The minimum Gasteiger partial charge on any atom is -0.388 e. The minimum absolute atomic E-state index is 0.510. The summed E-state index contributed by atoms with van der Waals surface area (Å²) in [4.78, 5) is 10.8. The number of Topliss-reactive ketones (excluding diaryl/α,β-unsaturated/α-hetero) is 1. The molecule has 0 bridgehead atoms. The SMILES string of the molecule is CC(=O)[C@H](N)[C@@H](O)[C@H](O)[C@@H](O)C(C)(C)O. The highest BCUT2D eigenvalue weighted by molar-refractivity contribution is 5.81. The van der Waals surface area contributed by atoms with E-state index in [4.69, 9.17) is 5.73 Å². The predicted molar refractivity (Wildman–Crippen MR) is 53.0 cm³/mol. The normalized spacial score (nSPS) is 20.5. The fourth-order valence-corrected chi connectivity index (χ4v) is 1.06. The van der Waals surface area contributed by atoms with Crippen molar-refractivity contribution < 1.29 is 25.2 Å². The maximum Gasteiger partial charge on any atom is 0.149 e. The Bertz CT molecular complexity index is 225. The van der Waals surface area contributed by atoms with Crippen LogP contribution in [0.2, 0.25) is 0 Å². The maximum absolute atomic E-state index is 10.8. The summed E-state index contributed by atoms with van der Waals surface area (Å²) in [7, 11) is 0. The van der Waals surface area contributed by atoms with Gasteiger partial charge in [0, 0.05) is 0 Å². The van der Waals surface area contributed by atoms with Crippen LogP contribution in [0.3, 0.4) is 0 Å². The average molecular weight is 221 g/mol. The number of carbonyl (C=O) groups excluding carboxylic acids is 1. The highest BCUT2D eigenvalue weighted by Gasteiger charge is 2.38. The molecule has 6 nitrogen and oxygen atoms in total. The standard InChI is InChI=1S/C9H19NO5/c1-4(11)5(10)6(12)7(13)8(14)9(2,3)15/h5-8,12-15H,10H2,1-3H3/t5-,6+,7-,8+/m0/s1. The molecule has 0 amide bonds. The third-order valence-corrected chi connectivity index (χ3v) is 2.23. The smallest absolute Gasteiger partial charge is 0.149 e. The van der Waals surface area contributed by atoms with Gasteiger partial charge in [-0.25, -0.2) is 0 Å². The Morgan fingerprint density at radius 2 is 1.60 bits per heavy atom. The molecule has 0 aliphatic rings. The second kappa shape index (κ2) is 5.00. The second-order valence-electron chi connectivity index (χ2n) is 4.22. The predicted octanol–water partition coefficient (Wildman–Crippen LogP) is -2.24. The number of aliphatic hydroxyl groups excluding tert-OH is 3. The minimum atomic E-state index is -1.68. The van der Waals surface area contributed by atoms with Gasteiger partial charge in [0.2, 0.25) is 0 Å². The van der Waals surface area contributed by atoms with Crippen molar-refractivity contribution in [2.75, 3.05) is 0 Å². The summed E-state index contributed by atoms with van der Waals surface area (Å²) in [5.41, 5.74) is 3.70. The van der Waals surface area contributed by atoms with Crippen molar-refractivity contribution in [3.8, 4) is 0 Å². The Morgan fingerprint density at radius 1 is 1.20 bits per heavy atom. The van der Waals surface area contributed by atoms with Crippen LogP contribution in [-0.2, 0) is 4.79 Å². The Hall–Kier alpha value is -0.530. The van der Waals surface area contributed by atoms with Gasteiger partial charge in [-0.1, -0.05) is 0 Å². The summed E-state index contributed by atoms with van der Waals surface area (Å²) in [6, 6.07) is -1.28. The summed E-state index contributed by atoms with van der Waals surface area (Å²) in [6.07, 6.45) is -4.87. The molecule has 0 aliphatic carbocycles. The van der Waals surface area contributed by atoms with Crippen LogP contribution in [0.5, 0.6) is 0 Å². The first-order chi connectivity index (χ1) is 6.59. The molecular weight excluding hydrogens is 202 g/mol. The molecule has 4 atom stereocenters. The van der Waals surface area contributed by atoms with Crippen LogP contribution in [0, 0.1) is 0 Å². The van der Waals surface area contributed by atoms with Crippen LogP contribution in [-0.4, -0.2) is 56.2 Å². The zero-order valence-electron chi connectivity index (χ0n) is 9.08. The lowest BCUT2D eigenvalue weighted by Gasteiger charge is -2.32. The van der Waals surface area contributed by atoms with Gasteiger partial charge in [0.05, 0.1) is 11.6 Å². The van der Waals surface area contributed by atoms with E-state index in [0.29, 0.717) is 0 Å². The highest BCUT2D eigenvalue weighted by Crippen LogP contribution is 2.15. The monoisotopic (exact) mass is 221 g/mol. The van der Waals surface area contributed by atoms with Gasteiger partial charge in [0.15, 0.2) is 0 Å². The van der Waals surface area contributed by atoms with Gasteiger partial charge in [-0.15, -0.1) is 0 Å². The lowest BCUT2D eigenvalue weighted by atomic mass is 9.90. The lowest BCUT2D eigenvalue weighted by Crippen LogP contribution is -2.56. The van der Waals surface area contributed by atoms with E-state index in [2.05, 4.69) is 0 Å². The van der Waals surface area contributed by atoms with Crippen molar-refractivity contribution in [3.05, 3.63) is 0 Å². The average Bonchev–Trinajstić information content (AvgIpc) is 2.11. The molecule has 15 heavy (non-hydrogen) atoms. The molecular formula is C9H19NO5. The molecule has 0 radical (unpaired) electrons. The van der Waals surface area contributed by atoms with Crippen molar-refractivity contribution in [2.45, 2.75) is 50.7 Å². The van der Waals surface area contributed by atoms with Crippen molar-refractivity contribution in [3.63, 3.8) is 0 Å². The largest absolute Gasteiger partial charge is 0.388 e. The first-order valence-electron chi connectivity index (χ1n) is 4.61. The molecule has 0 rings (SSSR count). The molecule has 0 aromatic rings. The zero-order chi connectivity index (χ0) is 12.4. The summed E-state index contributed by atoms with van der Waals surface area (Å²) in [6.45, 7) is 3.71. The van der Waals surface area contributed by atoms with Gasteiger partial charge in [-0.3, -0.25) is 4.79 Å². The first kappa shape index (κ1) is 14.5. The van der Waals surface area contributed by atoms with Crippen molar-refractivity contribution in [1.29, 1.82) is 0 Å². The highest BCUT2D eigenvalue weighted by atomic mass is 16.4. The van der Waals surface area contributed by atoms with Gasteiger partial charge >= 0.3 is 0 Å². The fraction of sp³-hybridized carbons (Fsp3) is 0.889. The van der Waals surface area contributed by atoms with Gasteiger partial charge in [0.1, 0.15) is 24.1 Å². The van der Waals surface area contributed by atoms with Crippen LogP contribution < -0.4 is 5.73 Å². The van der Waals surface area contributed by atoms with Crippen LogP contribution in [0.15, 0.2) is 0 Å². The third kappa shape index (κ3) is 3.84.